The van der Waals surface area contributed by atoms with Crippen LogP contribution in [0.4, 0.5) is 0 Å². The molecular formula is C16H22O2. The Morgan fingerprint density at radius 1 is 1.22 bits per heavy atom. The second kappa shape index (κ2) is 5.55. The smallest absolute Gasteiger partial charge is 0.133 e. The third-order valence-electron chi connectivity index (χ3n) is 4.18. The van der Waals surface area contributed by atoms with Gasteiger partial charge in [0.05, 0.1) is 7.11 Å². The number of carbonyl (C=O) groups is 1. The van der Waals surface area contributed by atoms with E-state index in [0.717, 1.165) is 18.6 Å². The Hall–Kier alpha value is -1.31. The number of methoxy groups -OCH3 is 1. The highest BCUT2D eigenvalue weighted by Crippen LogP contribution is 2.41. The van der Waals surface area contributed by atoms with Crippen LogP contribution in [-0.4, -0.2) is 12.9 Å². The van der Waals surface area contributed by atoms with Crippen LogP contribution < -0.4 is 4.74 Å². The van der Waals surface area contributed by atoms with Gasteiger partial charge in [-0.05, 0) is 55.7 Å². The van der Waals surface area contributed by atoms with E-state index in [1.165, 1.54) is 12.0 Å². The van der Waals surface area contributed by atoms with E-state index in [2.05, 4.69) is 19.1 Å². The molecule has 0 saturated heterocycles. The molecule has 98 valence electrons. The van der Waals surface area contributed by atoms with E-state index in [-0.39, 0.29) is 5.92 Å². The van der Waals surface area contributed by atoms with E-state index in [9.17, 15) is 4.79 Å². The van der Waals surface area contributed by atoms with E-state index in [1.807, 2.05) is 12.1 Å². The highest BCUT2D eigenvalue weighted by atomic mass is 16.5. The summed E-state index contributed by atoms with van der Waals surface area (Å²) in [6, 6.07) is 8.20. The Balaban J connectivity index is 2.23. The van der Waals surface area contributed by atoms with Crippen LogP contribution in [-0.2, 0) is 4.79 Å². The summed E-state index contributed by atoms with van der Waals surface area (Å²) in [4.78, 5) is 11.8. The molecule has 1 aromatic carbocycles. The fourth-order valence-electron chi connectivity index (χ4n) is 3.09. The number of ketones is 1. The normalized spacial score (nSPS) is 27.8. The molecule has 1 saturated carbocycles. The number of Topliss-reactive ketones (excluding diaryl/α,β-unsaturated/α-hetero) is 1. The molecule has 1 fully saturated rings. The maximum atomic E-state index is 11.8. The summed E-state index contributed by atoms with van der Waals surface area (Å²) in [5, 5.41) is 0. The molecule has 1 aliphatic carbocycles. The summed E-state index contributed by atoms with van der Waals surface area (Å²) in [5.74, 6) is 2.52. The molecule has 0 heterocycles. The molecule has 0 aliphatic heterocycles. The van der Waals surface area contributed by atoms with Crippen LogP contribution >= 0.6 is 0 Å². The van der Waals surface area contributed by atoms with Gasteiger partial charge in [0.2, 0.25) is 0 Å². The number of ether oxygens (including phenoxy) is 1. The summed E-state index contributed by atoms with van der Waals surface area (Å²) < 4.78 is 5.18. The van der Waals surface area contributed by atoms with Gasteiger partial charge in [-0.15, -0.1) is 0 Å². The van der Waals surface area contributed by atoms with Crippen LogP contribution in [0.15, 0.2) is 24.3 Å². The van der Waals surface area contributed by atoms with Crippen molar-refractivity contribution < 1.29 is 9.53 Å². The average molecular weight is 246 g/mol. The Kier molecular flexibility index (Phi) is 4.05. The quantitative estimate of drug-likeness (QED) is 0.810. The maximum absolute atomic E-state index is 11.8. The minimum absolute atomic E-state index is 0.203. The predicted octanol–water partition coefficient (Wildman–Crippen LogP) is 3.80. The zero-order valence-corrected chi connectivity index (χ0v) is 11.5. The lowest BCUT2D eigenvalue weighted by molar-refractivity contribution is -0.122. The average Bonchev–Trinajstić information content (AvgIpc) is 2.38. The largest absolute Gasteiger partial charge is 0.497 e. The van der Waals surface area contributed by atoms with Crippen molar-refractivity contribution in [1.82, 2.24) is 0 Å². The lowest BCUT2D eigenvalue weighted by Gasteiger charge is -2.33. The first-order valence-corrected chi connectivity index (χ1v) is 6.76. The second-order valence-electron chi connectivity index (χ2n) is 5.52. The van der Waals surface area contributed by atoms with E-state index in [0.29, 0.717) is 17.6 Å². The van der Waals surface area contributed by atoms with E-state index in [4.69, 9.17) is 4.74 Å². The van der Waals surface area contributed by atoms with Crippen molar-refractivity contribution in [3.8, 4) is 5.75 Å². The minimum Gasteiger partial charge on any atom is -0.497 e. The zero-order chi connectivity index (χ0) is 13.1. The van der Waals surface area contributed by atoms with Crippen molar-refractivity contribution in [1.29, 1.82) is 0 Å². The Labute approximate surface area is 109 Å². The molecular weight excluding hydrogens is 224 g/mol. The summed E-state index contributed by atoms with van der Waals surface area (Å²) in [5.41, 5.74) is 1.28. The topological polar surface area (TPSA) is 26.3 Å². The Morgan fingerprint density at radius 3 is 2.44 bits per heavy atom. The van der Waals surface area contributed by atoms with Crippen molar-refractivity contribution in [3.63, 3.8) is 0 Å². The van der Waals surface area contributed by atoms with Gasteiger partial charge >= 0.3 is 0 Å². The van der Waals surface area contributed by atoms with Crippen LogP contribution in [0, 0.1) is 11.8 Å². The zero-order valence-electron chi connectivity index (χ0n) is 11.5. The molecule has 0 N–H and O–H groups in total. The first-order valence-electron chi connectivity index (χ1n) is 6.76. The summed E-state index contributed by atoms with van der Waals surface area (Å²) in [6.45, 7) is 4.02. The lowest BCUT2D eigenvalue weighted by atomic mass is 9.70. The number of hydrogen-bond donors (Lipinski definition) is 0. The molecule has 0 spiro atoms. The van der Waals surface area contributed by atoms with Gasteiger partial charge in [0, 0.05) is 5.92 Å². The first kappa shape index (κ1) is 13.1. The summed E-state index contributed by atoms with van der Waals surface area (Å²) in [7, 11) is 1.68. The Bertz CT molecular complexity index is 408. The van der Waals surface area contributed by atoms with Gasteiger partial charge in [0.1, 0.15) is 11.5 Å². The van der Waals surface area contributed by atoms with Crippen LogP contribution in [0.2, 0.25) is 0 Å². The molecule has 0 bridgehead atoms. The van der Waals surface area contributed by atoms with Gasteiger partial charge in [-0.3, -0.25) is 4.79 Å². The van der Waals surface area contributed by atoms with Crippen LogP contribution in [0.3, 0.4) is 0 Å². The molecule has 0 aromatic heterocycles. The van der Waals surface area contributed by atoms with Gasteiger partial charge in [-0.25, -0.2) is 0 Å². The number of hydrogen-bond acceptors (Lipinski definition) is 2. The monoisotopic (exact) mass is 246 g/mol. The summed E-state index contributed by atoms with van der Waals surface area (Å²) >= 11 is 0. The second-order valence-corrected chi connectivity index (χ2v) is 5.52. The molecule has 0 unspecified atom stereocenters. The molecule has 2 rings (SSSR count). The number of carbonyl (C=O) groups excluding carboxylic acids is 1. The molecule has 0 radical (unpaired) electrons. The van der Waals surface area contributed by atoms with Crippen LogP contribution in [0.5, 0.6) is 5.75 Å². The number of benzene rings is 1. The van der Waals surface area contributed by atoms with Crippen molar-refractivity contribution in [3.05, 3.63) is 29.8 Å². The SMILES string of the molecule is COc1ccc([C@H]2C[C@@H](C)CC[C@@H]2C(C)=O)cc1. The molecule has 2 heteroatoms. The van der Waals surface area contributed by atoms with E-state index < -0.39 is 0 Å². The van der Waals surface area contributed by atoms with Gasteiger partial charge in [-0.1, -0.05) is 19.1 Å². The third-order valence-corrected chi connectivity index (χ3v) is 4.18. The molecule has 3 atom stereocenters. The highest BCUT2D eigenvalue weighted by molar-refractivity contribution is 5.79. The van der Waals surface area contributed by atoms with Crippen LogP contribution in [0.25, 0.3) is 0 Å². The maximum Gasteiger partial charge on any atom is 0.133 e. The molecule has 0 amide bonds. The highest BCUT2D eigenvalue weighted by Gasteiger charge is 2.32. The fraction of sp³-hybridized carbons (Fsp3) is 0.562. The predicted molar refractivity (Wildman–Crippen MR) is 72.9 cm³/mol. The standard InChI is InChI=1S/C16H22O2/c1-11-4-9-15(12(2)17)16(10-11)13-5-7-14(18-3)8-6-13/h5-8,11,15-16H,4,9-10H2,1-3H3/t11-,15+,16+/m0/s1. The van der Waals surface area contributed by atoms with Gasteiger partial charge < -0.3 is 4.74 Å². The fourth-order valence-corrected chi connectivity index (χ4v) is 3.09. The molecule has 1 aromatic rings. The number of rotatable bonds is 3. The van der Waals surface area contributed by atoms with Crippen molar-refractivity contribution in [2.24, 2.45) is 11.8 Å². The first-order chi connectivity index (χ1) is 8.61. The molecule has 2 nitrogen and oxygen atoms in total. The van der Waals surface area contributed by atoms with Crippen molar-refractivity contribution in [2.45, 2.75) is 39.0 Å². The molecule has 1 aliphatic rings. The van der Waals surface area contributed by atoms with E-state index in [1.54, 1.807) is 14.0 Å². The van der Waals surface area contributed by atoms with Crippen LogP contribution in [0.1, 0.15) is 44.6 Å². The van der Waals surface area contributed by atoms with Gasteiger partial charge in [0.15, 0.2) is 0 Å². The van der Waals surface area contributed by atoms with Gasteiger partial charge in [-0.2, -0.15) is 0 Å². The minimum atomic E-state index is 0.203. The lowest BCUT2D eigenvalue weighted by Crippen LogP contribution is -2.27. The third kappa shape index (κ3) is 2.74. The van der Waals surface area contributed by atoms with E-state index >= 15 is 0 Å². The van der Waals surface area contributed by atoms with Gasteiger partial charge in [0.25, 0.3) is 0 Å². The Morgan fingerprint density at radius 2 is 1.89 bits per heavy atom. The summed E-state index contributed by atoms with van der Waals surface area (Å²) in [6.07, 6.45) is 3.33. The van der Waals surface area contributed by atoms with Crippen molar-refractivity contribution >= 4 is 5.78 Å². The van der Waals surface area contributed by atoms with Crippen molar-refractivity contribution in [2.75, 3.05) is 7.11 Å². The molecule has 18 heavy (non-hydrogen) atoms.